The molecule has 3 aromatic rings. The van der Waals surface area contributed by atoms with Gasteiger partial charge in [-0.2, -0.15) is 5.10 Å². The number of rotatable bonds is 1. The molecule has 0 aliphatic carbocycles. The summed E-state index contributed by atoms with van der Waals surface area (Å²) in [6, 6.07) is 21.7. The summed E-state index contributed by atoms with van der Waals surface area (Å²) in [4.78, 5) is 0. The molecule has 1 aliphatic rings. The number of hydrogen-bond acceptors (Lipinski definition) is 1. The second kappa shape index (κ2) is 4.34. The summed E-state index contributed by atoms with van der Waals surface area (Å²) in [7, 11) is 0. The second-order valence-corrected chi connectivity index (χ2v) is 5.41. The van der Waals surface area contributed by atoms with Crippen molar-refractivity contribution in [3.8, 4) is 0 Å². The standard InChI is InChI=1S/C18H16N2/c1-13-11-16-12-15-9-5-6-10-17(15)18(20(16)19-13)14-7-3-2-4-8-14/h2-11,18H,12H2,1H3. The number of fused-ring (bicyclic) bond motifs is 2. The number of nitrogens with zero attached hydrogens (tertiary/aromatic N) is 2. The van der Waals surface area contributed by atoms with E-state index < -0.39 is 0 Å². The zero-order valence-corrected chi connectivity index (χ0v) is 11.5. The van der Waals surface area contributed by atoms with Crippen molar-refractivity contribution >= 4 is 0 Å². The number of benzene rings is 2. The van der Waals surface area contributed by atoms with Gasteiger partial charge in [0.2, 0.25) is 0 Å². The zero-order chi connectivity index (χ0) is 13.5. The Morgan fingerprint density at radius 3 is 2.60 bits per heavy atom. The first-order valence-electron chi connectivity index (χ1n) is 7.01. The van der Waals surface area contributed by atoms with Crippen LogP contribution in [0.25, 0.3) is 0 Å². The van der Waals surface area contributed by atoms with Crippen molar-refractivity contribution in [3.63, 3.8) is 0 Å². The van der Waals surface area contributed by atoms with Gasteiger partial charge in [-0.1, -0.05) is 54.6 Å². The molecule has 20 heavy (non-hydrogen) atoms. The third-order valence-corrected chi connectivity index (χ3v) is 4.02. The first kappa shape index (κ1) is 11.5. The van der Waals surface area contributed by atoms with Crippen LogP contribution >= 0.6 is 0 Å². The monoisotopic (exact) mass is 260 g/mol. The maximum Gasteiger partial charge on any atom is 0.102 e. The van der Waals surface area contributed by atoms with Crippen LogP contribution in [0.2, 0.25) is 0 Å². The van der Waals surface area contributed by atoms with Crippen molar-refractivity contribution in [1.29, 1.82) is 0 Å². The van der Waals surface area contributed by atoms with E-state index >= 15 is 0 Å². The van der Waals surface area contributed by atoms with Gasteiger partial charge in [0.1, 0.15) is 6.04 Å². The highest BCUT2D eigenvalue weighted by Gasteiger charge is 2.27. The maximum atomic E-state index is 4.72. The van der Waals surface area contributed by atoms with Crippen molar-refractivity contribution in [2.45, 2.75) is 19.4 Å². The van der Waals surface area contributed by atoms with E-state index in [4.69, 9.17) is 5.10 Å². The van der Waals surface area contributed by atoms with Gasteiger partial charge in [0.25, 0.3) is 0 Å². The second-order valence-electron chi connectivity index (χ2n) is 5.41. The van der Waals surface area contributed by atoms with E-state index in [9.17, 15) is 0 Å². The first-order chi connectivity index (χ1) is 9.83. The average Bonchev–Trinajstić information content (AvgIpc) is 2.85. The van der Waals surface area contributed by atoms with Crippen LogP contribution in [0.3, 0.4) is 0 Å². The molecule has 98 valence electrons. The van der Waals surface area contributed by atoms with E-state index in [-0.39, 0.29) is 6.04 Å². The van der Waals surface area contributed by atoms with Gasteiger partial charge in [0, 0.05) is 12.1 Å². The molecule has 1 atom stereocenters. The first-order valence-corrected chi connectivity index (χ1v) is 7.01. The Labute approximate surface area is 118 Å². The minimum absolute atomic E-state index is 0.199. The zero-order valence-electron chi connectivity index (χ0n) is 11.5. The highest BCUT2D eigenvalue weighted by atomic mass is 15.3. The van der Waals surface area contributed by atoms with Crippen molar-refractivity contribution in [2.24, 2.45) is 0 Å². The molecule has 0 radical (unpaired) electrons. The summed E-state index contributed by atoms with van der Waals surface area (Å²) in [6.07, 6.45) is 0.973. The fraction of sp³-hybridized carbons (Fsp3) is 0.167. The van der Waals surface area contributed by atoms with Gasteiger partial charge < -0.3 is 0 Å². The van der Waals surface area contributed by atoms with Gasteiger partial charge >= 0.3 is 0 Å². The van der Waals surface area contributed by atoms with Gasteiger partial charge in [0.15, 0.2) is 0 Å². The Morgan fingerprint density at radius 2 is 1.75 bits per heavy atom. The van der Waals surface area contributed by atoms with Gasteiger partial charge in [-0.3, -0.25) is 4.68 Å². The van der Waals surface area contributed by atoms with Gasteiger partial charge in [-0.25, -0.2) is 0 Å². The number of hydrogen-bond donors (Lipinski definition) is 0. The molecule has 4 rings (SSSR count). The minimum Gasteiger partial charge on any atom is -0.257 e. The minimum atomic E-state index is 0.199. The molecule has 0 fully saturated rings. The smallest absolute Gasteiger partial charge is 0.102 e. The van der Waals surface area contributed by atoms with E-state index in [1.807, 2.05) is 0 Å². The number of aromatic nitrogens is 2. The lowest BCUT2D eigenvalue weighted by molar-refractivity contribution is 0.546. The third-order valence-electron chi connectivity index (χ3n) is 4.02. The molecule has 1 aliphatic heterocycles. The summed E-state index contributed by atoms with van der Waals surface area (Å²) < 4.78 is 2.19. The number of aryl methyl sites for hydroxylation is 1. The molecule has 2 heterocycles. The van der Waals surface area contributed by atoms with Crippen molar-refractivity contribution in [2.75, 3.05) is 0 Å². The molecule has 1 unspecified atom stereocenters. The third kappa shape index (κ3) is 1.68. The van der Waals surface area contributed by atoms with Crippen LogP contribution in [0.15, 0.2) is 60.7 Å². The fourth-order valence-electron chi connectivity index (χ4n) is 3.17. The van der Waals surface area contributed by atoms with E-state index in [0.717, 1.165) is 12.1 Å². The Bertz CT molecular complexity index is 756. The highest BCUT2D eigenvalue weighted by Crippen LogP contribution is 2.35. The van der Waals surface area contributed by atoms with Crippen molar-refractivity contribution < 1.29 is 0 Å². The molecule has 0 N–H and O–H groups in total. The Kier molecular flexibility index (Phi) is 2.49. The Balaban J connectivity index is 1.97. The van der Waals surface area contributed by atoms with Crippen molar-refractivity contribution in [3.05, 3.63) is 88.7 Å². The van der Waals surface area contributed by atoms with Crippen LogP contribution in [-0.4, -0.2) is 9.78 Å². The van der Waals surface area contributed by atoms with E-state index in [1.54, 1.807) is 0 Å². The molecule has 1 aromatic heterocycles. The predicted molar refractivity (Wildman–Crippen MR) is 79.9 cm³/mol. The predicted octanol–water partition coefficient (Wildman–Crippen LogP) is 3.73. The van der Waals surface area contributed by atoms with E-state index in [1.165, 1.54) is 22.4 Å². The largest absolute Gasteiger partial charge is 0.257 e. The Morgan fingerprint density at radius 1 is 1.00 bits per heavy atom. The molecule has 2 aromatic carbocycles. The van der Waals surface area contributed by atoms with Crippen LogP contribution in [0, 0.1) is 6.92 Å². The fourth-order valence-corrected chi connectivity index (χ4v) is 3.17. The topological polar surface area (TPSA) is 17.8 Å². The molecular formula is C18H16N2. The normalized spacial score (nSPS) is 16.6. The lowest BCUT2D eigenvalue weighted by Gasteiger charge is -2.28. The summed E-state index contributed by atoms with van der Waals surface area (Å²) in [5, 5.41) is 4.72. The molecular weight excluding hydrogens is 244 g/mol. The van der Waals surface area contributed by atoms with E-state index in [0.29, 0.717) is 0 Å². The molecule has 0 saturated carbocycles. The summed E-state index contributed by atoms with van der Waals surface area (Å²) in [6.45, 7) is 2.07. The van der Waals surface area contributed by atoms with Crippen LogP contribution in [0.4, 0.5) is 0 Å². The molecule has 2 heteroatoms. The molecule has 2 nitrogen and oxygen atoms in total. The van der Waals surface area contributed by atoms with Gasteiger partial charge in [-0.05, 0) is 29.7 Å². The molecule has 0 saturated heterocycles. The highest BCUT2D eigenvalue weighted by molar-refractivity contribution is 5.43. The van der Waals surface area contributed by atoms with Crippen LogP contribution in [-0.2, 0) is 6.42 Å². The van der Waals surface area contributed by atoms with Gasteiger partial charge in [-0.15, -0.1) is 0 Å². The lowest BCUT2D eigenvalue weighted by Crippen LogP contribution is -2.22. The van der Waals surface area contributed by atoms with Crippen LogP contribution in [0.5, 0.6) is 0 Å². The average molecular weight is 260 g/mol. The lowest BCUT2D eigenvalue weighted by atomic mass is 9.89. The van der Waals surface area contributed by atoms with Gasteiger partial charge in [0.05, 0.1) is 5.69 Å². The molecule has 0 bridgehead atoms. The quantitative estimate of drug-likeness (QED) is 0.510. The SMILES string of the molecule is Cc1cc2n(n1)C(c1ccccc1)c1ccccc1C2. The summed E-state index contributed by atoms with van der Waals surface area (Å²) >= 11 is 0. The molecule has 0 spiro atoms. The van der Waals surface area contributed by atoms with Crippen molar-refractivity contribution in [1.82, 2.24) is 9.78 Å². The Hall–Kier alpha value is -2.35. The van der Waals surface area contributed by atoms with Crippen LogP contribution in [0.1, 0.15) is 34.1 Å². The van der Waals surface area contributed by atoms with E-state index in [2.05, 4.69) is 72.3 Å². The van der Waals surface area contributed by atoms with Crippen LogP contribution < -0.4 is 0 Å². The maximum absolute atomic E-state index is 4.72. The summed E-state index contributed by atoms with van der Waals surface area (Å²) in [5.41, 5.74) is 6.47. The summed E-state index contributed by atoms with van der Waals surface area (Å²) in [5.74, 6) is 0. The molecule has 0 amide bonds.